The van der Waals surface area contributed by atoms with E-state index in [9.17, 15) is 4.79 Å². The van der Waals surface area contributed by atoms with Crippen LogP contribution in [0.5, 0.6) is 0 Å². The molecule has 2 heterocycles. The minimum atomic E-state index is -0.167. The Morgan fingerprint density at radius 1 is 1.50 bits per heavy atom. The number of amides is 1. The predicted octanol–water partition coefficient (Wildman–Crippen LogP) is 2.49. The Morgan fingerprint density at radius 3 is 2.60 bits per heavy atom. The highest BCUT2D eigenvalue weighted by molar-refractivity contribution is 9.11. The highest BCUT2D eigenvalue weighted by atomic mass is 79.9. The lowest BCUT2D eigenvalue weighted by Crippen LogP contribution is -2.46. The molecule has 1 aliphatic heterocycles. The van der Waals surface area contributed by atoms with Crippen molar-refractivity contribution in [3.8, 4) is 0 Å². The highest BCUT2D eigenvalue weighted by Gasteiger charge is 2.31. The summed E-state index contributed by atoms with van der Waals surface area (Å²) in [6.07, 6.45) is 2.62. The topological polar surface area (TPSA) is 72.3 Å². The summed E-state index contributed by atoms with van der Waals surface area (Å²) in [5.74, 6) is -0.139. The van der Waals surface area contributed by atoms with Gasteiger partial charge in [-0.25, -0.2) is 0 Å². The third-order valence-corrected chi connectivity index (χ3v) is 5.78. The Morgan fingerprint density at radius 2 is 2.15 bits per heavy atom. The molecule has 0 bridgehead atoms. The molecule has 1 aliphatic rings. The summed E-state index contributed by atoms with van der Waals surface area (Å²) in [7, 11) is 0. The average Bonchev–Trinajstić information content (AvgIpc) is 2.85. The van der Waals surface area contributed by atoms with Crippen LogP contribution in [0.15, 0.2) is 15.9 Å². The van der Waals surface area contributed by atoms with Gasteiger partial charge in [0.05, 0.1) is 9.83 Å². The molecule has 6 heteroatoms. The summed E-state index contributed by atoms with van der Waals surface area (Å²) >= 11 is 5.27. The van der Waals surface area contributed by atoms with Gasteiger partial charge in [0.2, 0.25) is 5.91 Å². The molecular formula is C14H22BrN3OS. The number of nitrogens with zero attached hydrogens (tertiary/aromatic N) is 1. The molecule has 0 aliphatic carbocycles. The van der Waals surface area contributed by atoms with Crippen LogP contribution >= 0.6 is 27.3 Å². The molecule has 2 atom stereocenters. The van der Waals surface area contributed by atoms with Crippen LogP contribution in [0.4, 0.5) is 0 Å². The lowest BCUT2D eigenvalue weighted by Gasteiger charge is -2.39. The van der Waals surface area contributed by atoms with Crippen molar-refractivity contribution in [1.82, 2.24) is 4.90 Å². The molecule has 2 rings (SSSR count). The summed E-state index contributed by atoms with van der Waals surface area (Å²) in [5.41, 5.74) is 11.7. The van der Waals surface area contributed by atoms with Crippen molar-refractivity contribution in [3.05, 3.63) is 20.8 Å². The first kappa shape index (κ1) is 15.9. The Hall–Kier alpha value is -0.430. The van der Waals surface area contributed by atoms with Gasteiger partial charge in [-0.05, 0) is 60.4 Å². The van der Waals surface area contributed by atoms with Gasteiger partial charge in [-0.15, -0.1) is 11.3 Å². The van der Waals surface area contributed by atoms with E-state index in [2.05, 4.69) is 39.9 Å². The molecule has 4 nitrogen and oxygen atoms in total. The van der Waals surface area contributed by atoms with E-state index in [4.69, 9.17) is 11.5 Å². The first-order valence-corrected chi connectivity index (χ1v) is 8.68. The van der Waals surface area contributed by atoms with E-state index < -0.39 is 0 Å². The van der Waals surface area contributed by atoms with Crippen LogP contribution in [0.1, 0.15) is 37.1 Å². The number of likely N-dealkylation sites (tertiary alicyclic amines) is 1. The molecule has 1 fully saturated rings. The van der Waals surface area contributed by atoms with Crippen molar-refractivity contribution in [2.24, 2.45) is 17.4 Å². The summed E-state index contributed by atoms with van der Waals surface area (Å²) < 4.78 is 1.13. The second kappa shape index (κ2) is 7.02. The molecule has 112 valence electrons. The van der Waals surface area contributed by atoms with Gasteiger partial charge >= 0.3 is 0 Å². The van der Waals surface area contributed by atoms with Crippen LogP contribution in [-0.2, 0) is 4.79 Å². The molecule has 1 amide bonds. The van der Waals surface area contributed by atoms with Crippen molar-refractivity contribution < 1.29 is 4.79 Å². The van der Waals surface area contributed by atoms with E-state index in [1.807, 2.05) is 0 Å². The number of hydrogen-bond acceptors (Lipinski definition) is 4. The van der Waals surface area contributed by atoms with Crippen LogP contribution in [0, 0.1) is 5.92 Å². The van der Waals surface area contributed by atoms with Crippen molar-refractivity contribution >= 4 is 33.2 Å². The second-order valence-corrected chi connectivity index (χ2v) is 7.87. The predicted molar refractivity (Wildman–Crippen MR) is 86.5 cm³/mol. The lowest BCUT2D eigenvalue weighted by molar-refractivity contribution is -0.123. The Bertz CT molecular complexity index is 457. The van der Waals surface area contributed by atoms with Crippen LogP contribution in [0.3, 0.4) is 0 Å². The number of primary amides is 1. The molecule has 1 aromatic rings. The Balaban J connectivity index is 2.11. The highest BCUT2D eigenvalue weighted by Crippen LogP contribution is 2.35. The summed E-state index contributed by atoms with van der Waals surface area (Å²) in [6.45, 7) is 3.90. The third kappa shape index (κ3) is 3.61. The van der Waals surface area contributed by atoms with E-state index >= 15 is 0 Å². The van der Waals surface area contributed by atoms with Gasteiger partial charge in [0.1, 0.15) is 0 Å². The van der Waals surface area contributed by atoms with Crippen LogP contribution in [-0.4, -0.2) is 29.9 Å². The quantitative estimate of drug-likeness (QED) is 0.847. The number of carbonyl (C=O) groups is 1. The standard InChI is InChI=1S/C14H22BrN3OS/c1-2-10(16)13(11-3-4-12(15)20-11)18-7-5-9(6-8-18)14(17)19/h3-4,9-10,13H,2,5-8,16H2,1H3,(H2,17,19). The average molecular weight is 360 g/mol. The van der Waals surface area contributed by atoms with Gasteiger partial charge < -0.3 is 11.5 Å². The maximum Gasteiger partial charge on any atom is 0.220 e. The molecule has 2 unspecified atom stereocenters. The first-order chi connectivity index (χ1) is 9.52. The van der Waals surface area contributed by atoms with Crippen molar-refractivity contribution in [1.29, 1.82) is 0 Å². The molecule has 1 saturated heterocycles. The number of carbonyl (C=O) groups excluding carboxylic acids is 1. The number of rotatable bonds is 5. The van der Waals surface area contributed by atoms with Gasteiger partial charge in [-0.3, -0.25) is 9.69 Å². The number of halogens is 1. The number of thiophene rings is 1. The van der Waals surface area contributed by atoms with Crippen molar-refractivity contribution in [3.63, 3.8) is 0 Å². The Labute approximate surface area is 132 Å². The lowest BCUT2D eigenvalue weighted by atomic mass is 9.93. The summed E-state index contributed by atoms with van der Waals surface area (Å²) in [5, 5.41) is 0. The molecule has 0 spiro atoms. The maximum absolute atomic E-state index is 11.3. The zero-order valence-electron chi connectivity index (χ0n) is 11.7. The first-order valence-electron chi connectivity index (χ1n) is 7.07. The molecular weight excluding hydrogens is 338 g/mol. The number of hydrogen-bond donors (Lipinski definition) is 2. The monoisotopic (exact) mass is 359 g/mol. The summed E-state index contributed by atoms with van der Waals surface area (Å²) in [4.78, 5) is 15.0. The molecule has 20 heavy (non-hydrogen) atoms. The normalized spacial score (nSPS) is 20.8. The van der Waals surface area contributed by atoms with Crippen LogP contribution in [0.25, 0.3) is 0 Å². The molecule has 0 aromatic carbocycles. The van der Waals surface area contributed by atoms with E-state index in [1.165, 1.54) is 4.88 Å². The zero-order chi connectivity index (χ0) is 14.7. The van der Waals surface area contributed by atoms with E-state index in [0.717, 1.165) is 36.1 Å². The fourth-order valence-electron chi connectivity index (χ4n) is 2.83. The van der Waals surface area contributed by atoms with Crippen LogP contribution in [0.2, 0.25) is 0 Å². The summed E-state index contributed by atoms with van der Waals surface area (Å²) in [6, 6.07) is 4.58. The van der Waals surface area contributed by atoms with Crippen LogP contribution < -0.4 is 11.5 Å². The van der Waals surface area contributed by atoms with Gasteiger partial charge in [-0.2, -0.15) is 0 Å². The maximum atomic E-state index is 11.3. The van der Waals surface area contributed by atoms with Crippen molar-refractivity contribution in [2.75, 3.05) is 13.1 Å². The SMILES string of the molecule is CCC(N)C(c1ccc(Br)s1)N1CCC(C(N)=O)CC1. The fourth-order valence-corrected chi connectivity index (χ4v) is 4.47. The smallest absolute Gasteiger partial charge is 0.220 e. The zero-order valence-corrected chi connectivity index (χ0v) is 14.1. The molecule has 0 radical (unpaired) electrons. The largest absolute Gasteiger partial charge is 0.369 e. The van der Waals surface area contributed by atoms with Gasteiger partial charge in [0.25, 0.3) is 0 Å². The minimum absolute atomic E-state index is 0.0276. The number of nitrogens with two attached hydrogens (primary N) is 2. The van der Waals surface area contributed by atoms with Gasteiger partial charge in [-0.1, -0.05) is 6.92 Å². The van der Waals surface area contributed by atoms with E-state index in [0.29, 0.717) is 0 Å². The molecule has 0 saturated carbocycles. The minimum Gasteiger partial charge on any atom is -0.369 e. The second-order valence-electron chi connectivity index (χ2n) is 5.37. The van der Waals surface area contributed by atoms with Crippen molar-refractivity contribution in [2.45, 2.75) is 38.3 Å². The Kier molecular flexibility index (Phi) is 5.60. The molecule has 1 aromatic heterocycles. The van der Waals surface area contributed by atoms with Gasteiger partial charge in [0.15, 0.2) is 0 Å². The van der Waals surface area contributed by atoms with E-state index in [-0.39, 0.29) is 23.9 Å². The molecule has 4 N–H and O–H groups in total. The van der Waals surface area contributed by atoms with Gasteiger partial charge in [0, 0.05) is 16.8 Å². The van der Waals surface area contributed by atoms with E-state index in [1.54, 1.807) is 11.3 Å². The number of piperidine rings is 1. The third-order valence-electron chi connectivity index (χ3n) is 4.09. The fraction of sp³-hybridized carbons (Fsp3) is 0.643.